The molecule has 8 heteroatoms. The van der Waals surface area contributed by atoms with Crippen molar-refractivity contribution in [3.05, 3.63) is 47.9 Å². The lowest BCUT2D eigenvalue weighted by molar-refractivity contribution is -0.115. The minimum Gasteiger partial charge on any atom is -0.494 e. The fourth-order valence-electron chi connectivity index (χ4n) is 1.73. The van der Waals surface area contributed by atoms with Gasteiger partial charge in [-0.15, -0.1) is 0 Å². The predicted octanol–water partition coefficient (Wildman–Crippen LogP) is 1.49. The highest BCUT2D eigenvalue weighted by Gasteiger charge is 2.13. The second-order valence-electron chi connectivity index (χ2n) is 4.30. The lowest BCUT2D eigenvalue weighted by Gasteiger charge is -2.09. The van der Waals surface area contributed by atoms with Crippen molar-refractivity contribution in [1.29, 1.82) is 0 Å². The number of nitrogens with one attached hydrogen (secondary N) is 2. The van der Waals surface area contributed by atoms with Gasteiger partial charge in [-0.3, -0.25) is 9.78 Å². The number of halogens is 2. The highest BCUT2D eigenvalue weighted by Crippen LogP contribution is 2.22. The van der Waals surface area contributed by atoms with Gasteiger partial charge < -0.3 is 15.4 Å². The fourth-order valence-corrected chi connectivity index (χ4v) is 1.73. The van der Waals surface area contributed by atoms with Crippen LogP contribution in [0.15, 0.2) is 30.7 Å². The van der Waals surface area contributed by atoms with Gasteiger partial charge in [0.25, 0.3) is 0 Å². The van der Waals surface area contributed by atoms with E-state index in [-0.39, 0.29) is 30.3 Å². The van der Waals surface area contributed by atoms with Gasteiger partial charge in [0.05, 0.1) is 19.9 Å². The minimum absolute atomic E-state index is 0.000631. The Balaban J connectivity index is 1.86. The lowest BCUT2D eigenvalue weighted by Crippen LogP contribution is -2.28. The summed E-state index contributed by atoms with van der Waals surface area (Å²) in [5, 5.41) is 5.23. The van der Waals surface area contributed by atoms with Crippen LogP contribution in [0.5, 0.6) is 5.75 Å². The average molecular weight is 308 g/mol. The third kappa shape index (κ3) is 3.95. The number of nitrogens with zero attached hydrogens (tertiary/aromatic N) is 2. The highest BCUT2D eigenvalue weighted by molar-refractivity contribution is 5.91. The van der Waals surface area contributed by atoms with Crippen LogP contribution >= 0.6 is 0 Å². The molecule has 0 saturated carbocycles. The van der Waals surface area contributed by atoms with E-state index in [4.69, 9.17) is 0 Å². The maximum absolute atomic E-state index is 13.7. The molecule has 0 radical (unpaired) electrons. The van der Waals surface area contributed by atoms with Crippen LogP contribution in [0.1, 0.15) is 5.56 Å². The molecule has 6 nitrogen and oxygen atoms in total. The van der Waals surface area contributed by atoms with Crippen molar-refractivity contribution < 1.29 is 18.3 Å². The quantitative estimate of drug-likeness (QED) is 0.845. The van der Waals surface area contributed by atoms with E-state index in [1.54, 1.807) is 0 Å². The number of ether oxygens (including phenoxy) is 1. The Bertz CT molecular complexity index is 653. The van der Waals surface area contributed by atoms with E-state index in [1.807, 2.05) is 0 Å². The van der Waals surface area contributed by atoms with E-state index in [0.717, 1.165) is 0 Å². The van der Waals surface area contributed by atoms with Gasteiger partial charge in [-0.05, 0) is 6.07 Å². The molecule has 1 aromatic heterocycles. The summed E-state index contributed by atoms with van der Waals surface area (Å²) in [5.74, 6) is -2.26. The van der Waals surface area contributed by atoms with Crippen LogP contribution in [0.3, 0.4) is 0 Å². The van der Waals surface area contributed by atoms with Crippen molar-refractivity contribution in [3.8, 4) is 5.75 Å². The number of anilines is 1. The molecule has 0 aliphatic carbocycles. The second-order valence-corrected chi connectivity index (χ2v) is 4.30. The second kappa shape index (κ2) is 7.41. The molecule has 0 aliphatic rings. The molecule has 0 atom stereocenters. The predicted molar refractivity (Wildman–Crippen MR) is 75.3 cm³/mol. The summed E-state index contributed by atoms with van der Waals surface area (Å²) in [4.78, 5) is 19.3. The first kappa shape index (κ1) is 15.8. The molecule has 2 rings (SSSR count). The van der Waals surface area contributed by atoms with Crippen LogP contribution in [0.4, 0.5) is 14.6 Å². The number of methoxy groups -OCH3 is 1. The maximum atomic E-state index is 13.7. The summed E-state index contributed by atoms with van der Waals surface area (Å²) in [6.45, 7) is -0.0791. The molecular weight excluding hydrogens is 294 g/mol. The van der Waals surface area contributed by atoms with Gasteiger partial charge in [-0.25, -0.2) is 9.37 Å². The lowest BCUT2D eigenvalue weighted by atomic mass is 10.2. The Hall–Kier alpha value is -2.61. The first-order chi connectivity index (χ1) is 10.6. The molecule has 22 heavy (non-hydrogen) atoms. The summed E-state index contributed by atoms with van der Waals surface area (Å²) < 4.78 is 31.9. The molecule has 0 fully saturated rings. The minimum atomic E-state index is -1.05. The zero-order chi connectivity index (χ0) is 15.9. The van der Waals surface area contributed by atoms with Crippen molar-refractivity contribution in [1.82, 2.24) is 15.3 Å². The Labute approximate surface area is 125 Å². The first-order valence-corrected chi connectivity index (χ1v) is 6.39. The van der Waals surface area contributed by atoms with Gasteiger partial charge in [-0.2, -0.15) is 4.39 Å². The molecule has 1 amide bonds. The molecule has 1 aromatic carbocycles. The van der Waals surface area contributed by atoms with Crippen LogP contribution in [-0.4, -0.2) is 29.5 Å². The van der Waals surface area contributed by atoms with E-state index in [1.165, 1.54) is 37.8 Å². The Morgan fingerprint density at radius 1 is 1.27 bits per heavy atom. The van der Waals surface area contributed by atoms with Crippen molar-refractivity contribution >= 4 is 11.7 Å². The van der Waals surface area contributed by atoms with Crippen molar-refractivity contribution in [2.24, 2.45) is 0 Å². The third-order valence-electron chi connectivity index (χ3n) is 2.78. The SMILES string of the molecule is COc1ccc(CNCC(=O)Nc2cnccn2)c(F)c1F. The van der Waals surface area contributed by atoms with Crippen LogP contribution in [0, 0.1) is 11.6 Å². The van der Waals surface area contributed by atoms with Crippen molar-refractivity contribution in [2.45, 2.75) is 6.54 Å². The van der Waals surface area contributed by atoms with E-state index in [2.05, 4.69) is 25.3 Å². The van der Waals surface area contributed by atoms with Crippen LogP contribution in [0.25, 0.3) is 0 Å². The van der Waals surface area contributed by atoms with Gasteiger partial charge in [-0.1, -0.05) is 6.07 Å². The maximum Gasteiger partial charge on any atom is 0.239 e. The van der Waals surface area contributed by atoms with E-state index >= 15 is 0 Å². The summed E-state index contributed by atoms with van der Waals surface area (Å²) >= 11 is 0. The third-order valence-corrected chi connectivity index (χ3v) is 2.78. The smallest absolute Gasteiger partial charge is 0.239 e. The summed E-state index contributed by atoms with van der Waals surface area (Å²) in [7, 11) is 1.26. The first-order valence-electron chi connectivity index (χ1n) is 6.39. The molecular formula is C14H14F2N4O2. The van der Waals surface area contributed by atoms with Crippen LogP contribution in [-0.2, 0) is 11.3 Å². The number of carbonyl (C=O) groups excluding carboxylic acids is 1. The number of amides is 1. The fraction of sp³-hybridized carbons (Fsp3) is 0.214. The number of aromatic nitrogens is 2. The number of hydrogen-bond donors (Lipinski definition) is 2. The summed E-state index contributed by atoms with van der Waals surface area (Å²) in [6, 6.07) is 2.72. The molecule has 0 bridgehead atoms. The van der Waals surface area contributed by atoms with Crippen molar-refractivity contribution in [3.63, 3.8) is 0 Å². The van der Waals surface area contributed by atoms with Gasteiger partial charge >= 0.3 is 0 Å². The van der Waals surface area contributed by atoms with Gasteiger partial charge in [0.2, 0.25) is 11.7 Å². The number of rotatable bonds is 6. The average Bonchev–Trinajstić information content (AvgIpc) is 2.52. The zero-order valence-electron chi connectivity index (χ0n) is 11.8. The van der Waals surface area contributed by atoms with Crippen LogP contribution < -0.4 is 15.4 Å². The number of hydrogen-bond acceptors (Lipinski definition) is 5. The Morgan fingerprint density at radius 2 is 2.09 bits per heavy atom. The van der Waals surface area contributed by atoms with E-state index in [0.29, 0.717) is 5.82 Å². The highest BCUT2D eigenvalue weighted by atomic mass is 19.2. The molecule has 0 spiro atoms. The monoisotopic (exact) mass is 308 g/mol. The van der Waals surface area contributed by atoms with Gasteiger partial charge in [0.1, 0.15) is 0 Å². The van der Waals surface area contributed by atoms with Gasteiger partial charge in [0.15, 0.2) is 17.4 Å². The molecule has 2 aromatic rings. The molecule has 2 N–H and O–H groups in total. The Kier molecular flexibility index (Phi) is 5.31. The van der Waals surface area contributed by atoms with Crippen LogP contribution in [0.2, 0.25) is 0 Å². The molecule has 0 aliphatic heterocycles. The normalized spacial score (nSPS) is 10.3. The Morgan fingerprint density at radius 3 is 2.77 bits per heavy atom. The number of carbonyl (C=O) groups is 1. The summed E-state index contributed by atoms with van der Waals surface area (Å²) in [6.07, 6.45) is 4.32. The molecule has 0 unspecified atom stereocenters. The standard InChI is InChI=1S/C14H14F2N4O2/c1-22-10-3-2-9(13(15)14(10)16)6-18-8-12(21)20-11-7-17-4-5-19-11/h2-5,7,18H,6,8H2,1H3,(H,19,20,21). The zero-order valence-corrected chi connectivity index (χ0v) is 11.8. The van der Waals surface area contributed by atoms with E-state index < -0.39 is 11.6 Å². The summed E-state index contributed by atoms with van der Waals surface area (Å²) in [5.41, 5.74) is 0.102. The molecule has 1 heterocycles. The topological polar surface area (TPSA) is 76.1 Å². The largest absolute Gasteiger partial charge is 0.494 e. The van der Waals surface area contributed by atoms with Gasteiger partial charge in [0, 0.05) is 24.5 Å². The molecule has 116 valence electrons. The number of benzene rings is 1. The van der Waals surface area contributed by atoms with Crippen molar-refractivity contribution in [2.75, 3.05) is 19.0 Å². The molecule has 0 saturated heterocycles. The van der Waals surface area contributed by atoms with E-state index in [9.17, 15) is 13.6 Å².